The standard InChI is InChI=1S/C24H21BrN2O6/c1-3-31-22(29)19-20(26)27-17-10-9-15(25)11-16(17)24(19)18(13(2)33-23(24)30)21(28)32-12-14-7-5-4-6-8-14/h4-11,27H,3,12,26H2,1-2H3/t24-/m0/s1. The summed E-state index contributed by atoms with van der Waals surface area (Å²) in [5.74, 6) is -2.56. The van der Waals surface area contributed by atoms with E-state index in [1.807, 2.05) is 18.2 Å². The molecule has 1 spiro atoms. The van der Waals surface area contributed by atoms with Gasteiger partial charge in [0, 0.05) is 15.7 Å². The molecule has 2 aromatic rings. The number of fused-ring (bicyclic) bond motifs is 2. The lowest BCUT2D eigenvalue weighted by Gasteiger charge is -2.36. The van der Waals surface area contributed by atoms with Crippen molar-refractivity contribution in [2.75, 3.05) is 11.9 Å². The van der Waals surface area contributed by atoms with E-state index in [9.17, 15) is 14.4 Å². The number of anilines is 1. The normalized spacial score (nSPS) is 19.2. The fourth-order valence-corrected chi connectivity index (χ4v) is 4.50. The Bertz CT molecular complexity index is 1220. The SMILES string of the molecule is CCOC(=O)C1=C(N)Nc2ccc(Br)cc2[C@@]12C(=O)OC(C)=C2C(=O)OCc1ccccc1. The predicted octanol–water partition coefficient (Wildman–Crippen LogP) is 3.42. The molecule has 2 aromatic carbocycles. The van der Waals surface area contributed by atoms with E-state index in [-0.39, 0.29) is 35.9 Å². The molecule has 2 heterocycles. The number of hydrogen-bond donors (Lipinski definition) is 2. The summed E-state index contributed by atoms with van der Waals surface area (Å²) >= 11 is 3.40. The van der Waals surface area contributed by atoms with Gasteiger partial charge >= 0.3 is 17.9 Å². The monoisotopic (exact) mass is 512 g/mol. The fraction of sp³-hybridized carbons (Fsp3) is 0.208. The zero-order chi connectivity index (χ0) is 23.8. The third-order valence-corrected chi connectivity index (χ3v) is 5.97. The number of carbonyl (C=O) groups excluding carboxylic acids is 3. The first-order valence-electron chi connectivity index (χ1n) is 10.2. The van der Waals surface area contributed by atoms with Crippen molar-refractivity contribution in [1.82, 2.24) is 0 Å². The van der Waals surface area contributed by atoms with Crippen LogP contribution in [0.25, 0.3) is 0 Å². The Morgan fingerprint density at radius 3 is 2.48 bits per heavy atom. The molecule has 0 radical (unpaired) electrons. The number of hydrogen-bond acceptors (Lipinski definition) is 8. The second-order valence-electron chi connectivity index (χ2n) is 7.46. The molecule has 0 bridgehead atoms. The molecular weight excluding hydrogens is 492 g/mol. The minimum Gasteiger partial charge on any atom is -0.462 e. The molecule has 1 atom stereocenters. The Hall–Kier alpha value is -3.59. The van der Waals surface area contributed by atoms with Gasteiger partial charge in [0.25, 0.3) is 0 Å². The van der Waals surface area contributed by atoms with Crippen molar-refractivity contribution < 1.29 is 28.6 Å². The summed E-state index contributed by atoms with van der Waals surface area (Å²) in [6.07, 6.45) is 0. The zero-order valence-electron chi connectivity index (χ0n) is 17.9. The van der Waals surface area contributed by atoms with Crippen LogP contribution in [0.15, 0.2) is 75.7 Å². The third-order valence-electron chi connectivity index (χ3n) is 5.47. The number of nitrogens with one attached hydrogen (secondary N) is 1. The highest BCUT2D eigenvalue weighted by Gasteiger charge is 2.62. The van der Waals surface area contributed by atoms with E-state index < -0.39 is 23.3 Å². The molecule has 0 aromatic heterocycles. The van der Waals surface area contributed by atoms with Gasteiger partial charge < -0.3 is 25.3 Å². The Morgan fingerprint density at radius 1 is 1.09 bits per heavy atom. The number of cyclic esters (lactones) is 1. The Labute approximate surface area is 198 Å². The smallest absolute Gasteiger partial charge is 0.339 e. The minimum absolute atomic E-state index is 0.0282. The lowest BCUT2D eigenvalue weighted by molar-refractivity contribution is -0.147. The van der Waals surface area contributed by atoms with Gasteiger partial charge in [-0.25, -0.2) is 14.4 Å². The van der Waals surface area contributed by atoms with E-state index in [0.29, 0.717) is 15.7 Å². The highest BCUT2D eigenvalue weighted by Crippen LogP contribution is 2.53. The molecule has 0 saturated heterocycles. The maximum atomic E-state index is 13.5. The van der Waals surface area contributed by atoms with Crippen molar-refractivity contribution in [1.29, 1.82) is 0 Å². The van der Waals surface area contributed by atoms with Gasteiger partial charge in [-0.3, -0.25) is 0 Å². The second kappa shape index (κ2) is 8.74. The molecule has 3 N–H and O–H groups in total. The van der Waals surface area contributed by atoms with Gasteiger partial charge in [0.1, 0.15) is 29.3 Å². The molecule has 2 aliphatic rings. The van der Waals surface area contributed by atoms with Crippen LogP contribution in [0.3, 0.4) is 0 Å². The van der Waals surface area contributed by atoms with Crippen LogP contribution in [-0.4, -0.2) is 24.5 Å². The molecule has 0 aliphatic carbocycles. The minimum atomic E-state index is -1.95. The van der Waals surface area contributed by atoms with Crippen LogP contribution in [0.1, 0.15) is 25.0 Å². The van der Waals surface area contributed by atoms with Crippen LogP contribution in [0.5, 0.6) is 0 Å². The van der Waals surface area contributed by atoms with Crippen molar-refractivity contribution in [2.45, 2.75) is 25.9 Å². The van der Waals surface area contributed by atoms with E-state index in [0.717, 1.165) is 5.56 Å². The summed E-state index contributed by atoms with van der Waals surface area (Å²) < 4.78 is 16.8. The average molecular weight is 513 g/mol. The molecule has 2 aliphatic heterocycles. The van der Waals surface area contributed by atoms with Crippen LogP contribution in [0, 0.1) is 0 Å². The summed E-state index contributed by atoms with van der Waals surface area (Å²) in [4.78, 5) is 40.0. The van der Waals surface area contributed by atoms with Gasteiger partial charge in [-0.2, -0.15) is 0 Å². The highest BCUT2D eigenvalue weighted by atomic mass is 79.9. The van der Waals surface area contributed by atoms with Gasteiger partial charge in [0.05, 0.1) is 6.61 Å². The molecule has 8 nitrogen and oxygen atoms in total. The molecule has 0 amide bonds. The average Bonchev–Trinajstić information content (AvgIpc) is 3.04. The van der Waals surface area contributed by atoms with Gasteiger partial charge in [0.15, 0.2) is 5.41 Å². The van der Waals surface area contributed by atoms with E-state index in [4.69, 9.17) is 19.9 Å². The molecule has 9 heteroatoms. The topological polar surface area (TPSA) is 117 Å². The van der Waals surface area contributed by atoms with Gasteiger partial charge in [0.2, 0.25) is 0 Å². The second-order valence-corrected chi connectivity index (χ2v) is 8.37. The van der Waals surface area contributed by atoms with Crippen LogP contribution >= 0.6 is 15.9 Å². The highest BCUT2D eigenvalue weighted by molar-refractivity contribution is 9.10. The number of esters is 3. The molecular formula is C24H21BrN2O6. The first-order chi connectivity index (χ1) is 15.8. The van der Waals surface area contributed by atoms with E-state index in [2.05, 4.69) is 21.2 Å². The number of allylic oxidation sites excluding steroid dienone is 1. The van der Waals surface area contributed by atoms with Crippen molar-refractivity contribution in [3.63, 3.8) is 0 Å². The quantitative estimate of drug-likeness (QED) is 0.462. The van der Waals surface area contributed by atoms with Gasteiger partial charge in [-0.15, -0.1) is 0 Å². The predicted molar refractivity (Wildman–Crippen MR) is 122 cm³/mol. The Kier molecular flexibility index (Phi) is 5.99. The first kappa shape index (κ1) is 22.6. The maximum Gasteiger partial charge on any atom is 0.339 e. The van der Waals surface area contributed by atoms with Crippen LogP contribution in [0.4, 0.5) is 5.69 Å². The summed E-state index contributed by atoms with van der Waals surface area (Å²) in [5.41, 5.74) is 5.48. The number of carbonyl (C=O) groups is 3. The molecule has 4 rings (SSSR count). The maximum absolute atomic E-state index is 13.5. The molecule has 170 valence electrons. The van der Waals surface area contributed by atoms with Crippen molar-refractivity contribution >= 4 is 39.5 Å². The van der Waals surface area contributed by atoms with E-state index in [1.165, 1.54) is 6.92 Å². The lowest BCUT2D eigenvalue weighted by Crippen LogP contribution is -2.47. The van der Waals surface area contributed by atoms with E-state index >= 15 is 0 Å². The molecule has 0 unspecified atom stereocenters. The fourth-order valence-electron chi connectivity index (χ4n) is 4.14. The molecule has 33 heavy (non-hydrogen) atoms. The van der Waals surface area contributed by atoms with Crippen molar-refractivity contribution in [3.8, 4) is 0 Å². The van der Waals surface area contributed by atoms with Crippen molar-refractivity contribution in [2.24, 2.45) is 5.73 Å². The largest absolute Gasteiger partial charge is 0.462 e. The summed E-state index contributed by atoms with van der Waals surface area (Å²) in [6.45, 7) is 3.12. The third kappa shape index (κ3) is 3.68. The van der Waals surface area contributed by atoms with Crippen molar-refractivity contribution in [3.05, 3.63) is 86.9 Å². The summed E-state index contributed by atoms with van der Waals surface area (Å²) in [5, 5.41) is 2.93. The van der Waals surface area contributed by atoms with Gasteiger partial charge in [-0.1, -0.05) is 46.3 Å². The van der Waals surface area contributed by atoms with Crippen LogP contribution in [-0.2, 0) is 40.6 Å². The zero-order valence-corrected chi connectivity index (χ0v) is 19.5. The number of halogens is 1. The number of ether oxygens (including phenoxy) is 3. The lowest BCUT2D eigenvalue weighted by atomic mass is 9.67. The first-order valence-corrected chi connectivity index (χ1v) is 11.0. The number of nitrogens with two attached hydrogens (primary N) is 1. The molecule has 0 fully saturated rings. The van der Waals surface area contributed by atoms with E-state index in [1.54, 1.807) is 37.3 Å². The van der Waals surface area contributed by atoms with Gasteiger partial charge in [-0.05, 0) is 37.6 Å². The Morgan fingerprint density at radius 2 is 1.79 bits per heavy atom. The summed E-state index contributed by atoms with van der Waals surface area (Å²) in [6, 6.07) is 14.2. The van der Waals surface area contributed by atoms with Crippen LogP contribution in [0.2, 0.25) is 0 Å². The number of benzene rings is 2. The molecule has 0 saturated carbocycles. The van der Waals surface area contributed by atoms with Crippen LogP contribution < -0.4 is 11.1 Å². The summed E-state index contributed by atoms with van der Waals surface area (Å²) in [7, 11) is 0. The Balaban J connectivity index is 1.89. The number of rotatable bonds is 5.